The third-order valence-corrected chi connectivity index (χ3v) is 4.53. The van der Waals surface area contributed by atoms with E-state index < -0.39 is 0 Å². The van der Waals surface area contributed by atoms with Crippen LogP contribution in [0.25, 0.3) is 11.2 Å². The molecule has 0 saturated heterocycles. The fourth-order valence-electron chi connectivity index (χ4n) is 1.65. The van der Waals surface area contributed by atoms with E-state index in [0.29, 0.717) is 5.25 Å². The summed E-state index contributed by atoms with van der Waals surface area (Å²) in [6, 6.07) is 2.01. The van der Waals surface area contributed by atoms with Gasteiger partial charge in [-0.15, -0.1) is 0 Å². The minimum atomic E-state index is 0.636. The molecule has 0 aromatic carbocycles. The van der Waals surface area contributed by atoms with Crippen LogP contribution in [0.5, 0.6) is 0 Å². The van der Waals surface area contributed by atoms with Crippen molar-refractivity contribution in [2.45, 2.75) is 25.1 Å². The number of fused-ring (bicyclic) bond motifs is 1. The molecule has 0 radical (unpaired) electrons. The second kappa shape index (κ2) is 5.54. The van der Waals surface area contributed by atoms with Crippen LogP contribution < -0.4 is 0 Å². The largest absolute Gasteiger partial charge is 0.329 e. The van der Waals surface area contributed by atoms with Crippen LogP contribution in [0.2, 0.25) is 0 Å². The first kappa shape index (κ1) is 13.1. The van der Waals surface area contributed by atoms with Gasteiger partial charge in [0.2, 0.25) is 0 Å². The van der Waals surface area contributed by atoms with Crippen molar-refractivity contribution in [3.63, 3.8) is 0 Å². The molecule has 3 nitrogen and oxygen atoms in total. The molecule has 0 amide bonds. The molecular weight excluding hydrogens is 318 g/mol. The second-order valence-corrected chi connectivity index (χ2v) is 6.52. The standard InChI is InChI=1S/C11H14BrN3S2/c1-7(17-2)3-4-15-10-9(14-11(15)16)5-8(12)6-13-10/h5-7H,3-4H2,1-2H3,(H,14,16). The molecule has 0 aliphatic heterocycles. The number of aromatic nitrogens is 3. The number of pyridine rings is 1. The van der Waals surface area contributed by atoms with E-state index in [0.717, 1.165) is 33.4 Å². The summed E-state index contributed by atoms with van der Waals surface area (Å²) in [5.74, 6) is 0. The molecule has 2 aromatic heterocycles. The van der Waals surface area contributed by atoms with Gasteiger partial charge in [0.1, 0.15) is 0 Å². The molecule has 6 heteroatoms. The zero-order valence-electron chi connectivity index (χ0n) is 9.74. The van der Waals surface area contributed by atoms with Gasteiger partial charge in [0.15, 0.2) is 10.4 Å². The third-order valence-electron chi connectivity index (χ3n) is 2.74. The Morgan fingerprint density at radius 2 is 2.41 bits per heavy atom. The number of hydrogen-bond acceptors (Lipinski definition) is 3. The van der Waals surface area contributed by atoms with E-state index in [1.807, 2.05) is 17.8 Å². The van der Waals surface area contributed by atoms with E-state index in [9.17, 15) is 0 Å². The van der Waals surface area contributed by atoms with Gasteiger partial charge < -0.3 is 9.55 Å². The molecular formula is C11H14BrN3S2. The van der Waals surface area contributed by atoms with Crippen LogP contribution in [-0.4, -0.2) is 26.0 Å². The van der Waals surface area contributed by atoms with Gasteiger partial charge in [-0.3, -0.25) is 0 Å². The molecule has 2 heterocycles. The summed E-state index contributed by atoms with van der Waals surface area (Å²) in [6.07, 6.45) is 5.04. The van der Waals surface area contributed by atoms with Crippen molar-refractivity contribution in [2.24, 2.45) is 0 Å². The lowest BCUT2D eigenvalue weighted by atomic mass is 10.3. The summed E-state index contributed by atoms with van der Waals surface area (Å²) in [5.41, 5.74) is 1.92. The number of hydrogen-bond donors (Lipinski definition) is 1. The summed E-state index contributed by atoms with van der Waals surface area (Å²) >= 11 is 10.6. The Labute approximate surface area is 118 Å². The maximum Gasteiger partial charge on any atom is 0.179 e. The molecule has 2 aromatic rings. The van der Waals surface area contributed by atoms with Crippen molar-refractivity contribution in [3.8, 4) is 0 Å². The number of imidazole rings is 1. The third kappa shape index (κ3) is 2.92. The highest BCUT2D eigenvalue weighted by Crippen LogP contribution is 2.18. The van der Waals surface area contributed by atoms with Crippen molar-refractivity contribution in [2.75, 3.05) is 6.26 Å². The Morgan fingerprint density at radius 3 is 3.12 bits per heavy atom. The fraction of sp³-hybridized carbons (Fsp3) is 0.455. The maximum absolute atomic E-state index is 5.33. The Balaban J connectivity index is 2.33. The molecule has 92 valence electrons. The SMILES string of the molecule is CSC(C)CCn1c(=S)[nH]c2cc(Br)cnc21. The molecule has 2 rings (SSSR count). The van der Waals surface area contributed by atoms with Gasteiger partial charge in [-0.2, -0.15) is 11.8 Å². The highest BCUT2D eigenvalue weighted by atomic mass is 79.9. The Kier molecular flexibility index (Phi) is 4.27. The van der Waals surface area contributed by atoms with E-state index >= 15 is 0 Å². The van der Waals surface area contributed by atoms with E-state index in [4.69, 9.17) is 12.2 Å². The number of nitrogens with zero attached hydrogens (tertiary/aromatic N) is 2. The normalized spacial score (nSPS) is 13.1. The van der Waals surface area contributed by atoms with Crippen molar-refractivity contribution >= 4 is 51.1 Å². The Hall–Kier alpha value is -0.330. The average molecular weight is 332 g/mol. The van der Waals surface area contributed by atoms with Crippen molar-refractivity contribution in [1.29, 1.82) is 0 Å². The first-order chi connectivity index (χ1) is 8.11. The van der Waals surface area contributed by atoms with Crippen LogP contribution in [0.4, 0.5) is 0 Å². The van der Waals surface area contributed by atoms with E-state index in [1.165, 1.54) is 0 Å². The van der Waals surface area contributed by atoms with Crippen LogP contribution in [0.3, 0.4) is 0 Å². The minimum absolute atomic E-state index is 0.636. The van der Waals surface area contributed by atoms with Crippen molar-refractivity contribution in [1.82, 2.24) is 14.5 Å². The highest BCUT2D eigenvalue weighted by Gasteiger charge is 2.07. The lowest BCUT2D eigenvalue weighted by molar-refractivity contribution is 0.644. The number of thioether (sulfide) groups is 1. The van der Waals surface area contributed by atoms with Crippen LogP contribution in [-0.2, 0) is 6.54 Å². The average Bonchev–Trinajstić information content (AvgIpc) is 2.61. The highest BCUT2D eigenvalue weighted by molar-refractivity contribution is 9.10. The molecule has 0 fully saturated rings. The maximum atomic E-state index is 5.33. The molecule has 0 aliphatic carbocycles. The molecule has 17 heavy (non-hydrogen) atoms. The van der Waals surface area contributed by atoms with E-state index in [-0.39, 0.29) is 0 Å². The van der Waals surface area contributed by atoms with Crippen LogP contribution >= 0.6 is 39.9 Å². The fourth-order valence-corrected chi connectivity index (χ4v) is 2.61. The van der Waals surface area contributed by atoms with Gasteiger partial charge in [0.05, 0.1) is 5.52 Å². The molecule has 0 saturated carbocycles. The molecule has 0 spiro atoms. The van der Waals surface area contributed by atoms with Crippen LogP contribution in [0.15, 0.2) is 16.7 Å². The van der Waals surface area contributed by atoms with Crippen LogP contribution in [0, 0.1) is 4.77 Å². The molecule has 1 N–H and O–H groups in total. The number of halogens is 1. The zero-order chi connectivity index (χ0) is 12.4. The van der Waals surface area contributed by atoms with E-state index in [2.05, 4.69) is 43.6 Å². The van der Waals surface area contributed by atoms with E-state index in [1.54, 1.807) is 6.20 Å². The quantitative estimate of drug-likeness (QED) is 0.860. The summed E-state index contributed by atoms with van der Waals surface area (Å²) in [6.45, 7) is 3.14. The zero-order valence-corrected chi connectivity index (χ0v) is 13.0. The number of aryl methyl sites for hydroxylation is 1. The smallest absolute Gasteiger partial charge is 0.179 e. The summed E-state index contributed by atoms with van der Waals surface area (Å²) in [7, 11) is 0. The predicted molar refractivity (Wildman–Crippen MR) is 80.2 cm³/mol. The predicted octanol–water partition coefficient (Wildman–Crippen LogP) is 4.00. The number of aromatic amines is 1. The van der Waals surface area contributed by atoms with Crippen molar-refractivity contribution < 1.29 is 0 Å². The molecule has 1 unspecified atom stereocenters. The lowest BCUT2D eigenvalue weighted by Crippen LogP contribution is -2.05. The van der Waals surface area contributed by atoms with Gasteiger partial charge in [-0.25, -0.2) is 4.98 Å². The van der Waals surface area contributed by atoms with Gasteiger partial charge in [0.25, 0.3) is 0 Å². The summed E-state index contributed by atoms with van der Waals surface area (Å²) < 4.78 is 3.79. The molecule has 0 bridgehead atoms. The molecule has 0 aliphatic rings. The van der Waals surface area contributed by atoms with Gasteiger partial charge in [0, 0.05) is 22.5 Å². The molecule has 1 atom stereocenters. The Bertz CT molecular complexity index is 576. The topological polar surface area (TPSA) is 33.6 Å². The van der Waals surface area contributed by atoms with Crippen LogP contribution in [0.1, 0.15) is 13.3 Å². The van der Waals surface area contributed by atoms with Gasteiger partial charge in [-0.05, 0) is 46.9 Å². The first-order valence-electron chi connectivity index (χ1n) is 5.38. The second-order valence-electron chi connectivity index (χ2n) is 3.94. The van der Waals surface area contributed by atoms with Gasteiger partial charge in [-0.1, -0.05) is 6.92 Å². The van der Waals surface area contributed by atoms with Gasteiger partial charge >= 0.3 is 0 Å². The summed E-state index contributed by atoms with van der Waals surface area (Å²) in [5, 5.41) is 0.636. The number of nitrogens with one attached hydrogen (secondary N) is 1. The Morgan fingerprint density at radius 1 is 1.65 bits per heavy atom. The minimum Gasteiger partial charge on any atom is -0.329 e. The lowest BCUT2D eigenvalue weighted by Gasteiger charge is -2.08. The first-order valence-corrected chi connectivity index (χ1v) is 7.87. The monoisotopic (exact) mass is 331 g/mol. The van der Waals surface area contributed by atoms with Crippen molar-refractivity contribution in [3.05, 3.63) is 21.5 Å². The summed E-state index contributed by atoms with van der Waals surface area (Å²) in [4.78, 5) is 7.60. The number of H-pyrrole nitrogens is 1. The number of rotatable bonds is 4.